The highest BCUT2D eigenvalue weighted by molar-refractivity contribution is 5.67. The van der Waals surface area contributed by atoms with Crippen molar-refractivity contribution in [3.05, 3.63) is 52.9 Å². The lowest BCUT2D eigenvalue weighted by Gasteiger charge is -2.09. The van der Waals surface area contributed by atoms with Crippen molar-refractivity contribution in [1.29, 1.82) is 0 Å². The molecule has 0 atom stereocenters. The molecule has 0 aliphatic heterocycles. The first kappa shape index (κ1) is 11.1. The molecule has 0 saturated heterocycles. The lowest BCUT2D eigenvalue weighted by Crippen LogP contribution is -2.30. The molecular weight excluding hydrogens is 220 g/mol. The average molecular weight is 230 g/mol. The van der Waals surface area contributed by atoms with Crippen molar-refractivity contribution in [1.82, 2.24) is 9.71 Å². The predicted molar refractivity (Wildman–Crippen MR) is 61.2 cm³/mol. The van der Waals surface area contributed by atoms with E-state index < -0.39 is 11.5 Å². The van der Waals surface area contributed by atoms with E-state index in [1.54, 1.807) is 12.1 Å². The van der Waals surface area contributed by atoms with Gasteiger partial charge < -0.3 is 4.84 Å². The van der Waals surface area contributed by atoms with Crippen molar-refractivity contribution >= 4 is 5.97 Å². The predicted octanol–water partition coefficient (Wildman–Crippen LogP) is 0.885. The molecule has 86 valence electrons. The molecule has 5 nitrogen and oxygen atoms in total. The number of carbonyl (C=O) groups excluding carboxylic acids is 1. The third-order valence-electron chi connectivity index (χ3n) is 2.06. The van der Waals surface area contributed by atoms with E-state index in [9.17, 15) is 9.59 Å². The quantitative estimate of drug-likeness (QED) is 0.768. The first-order valence-electron chi connectivity index (χ1n) is 5.01. The summed E-state index contributed by atoms with van der Waals surface area (Å²) in [6, 6.07) is 10.3. The van der Waals surface area contributed by atoms with E-state index in [4.69, 9.17) is 4.84 Å². The summed E-state index contributed by atoms with van der Waals surface area (Å²) in [4.78, 5) is 31.4. The summed E-state index contributed by atoms with van der Waals surface area (Å²) >= 11 is 0. The molecular formula is C12H10N2O3. The number of carbonyl (C=O) groups is 1. The molecule has 1 aromatic carbocycles. The smallest absolute Gasteiger partial charge is 0.330 e. The zero-order valence-electron chi connectivity index (χ0n) is 9.16. The Morgan fingerprint density at radius 2 is 1.94 bits per heavy atom. The number of nitrogens with zero attached hydrogens (tertiary/aromatic N) is 2. The Morgan fingerprint density at radius 1 is 1.24 bits per heavy atom. The van der Waals surface area contributed by atoms with Gasteiger partial charge in [0.1, 0.15) is 0 Å². The van der Waals surface area contributed by atoms with E-state index in [0.717, 1.165) is 4.73 Å². The Labute approximate surface area is 97.3 Å². The molecule has 1 heterocycles. The van der Waals surface area contributed by atoms with E-state index in [0.29, 0.717) is 11.4 Å². The second kappa shape index (κ2) is 4.61. The van der Waals surface area contributed by atoms with Crippen LogP contribution in [0.25, 0.3) is 11.4 Å². The zero-order valence-corrected chi connectivity index (χ0v) is 9.16. The fourth-order valence-corrected chi connectivity index (χ4v) is 1.39. The molecule has 0 N–H and O–H groups in total. The van der Waals surface area contributed by atoms with Crippen LogP contribution in [-0.4, -0.2) is 15.7 Å². The molecule has 0 aliphatic carbocycles. The minimum absolute atomic E-state index is 0.299. The first-order valence-corrected chi connectivity index (χ1v) is 5.01. The van der Waals surface area contributed by atoms with Gasteiger partial charge in [0, 0.05) is 24.8 Å². The highest BCUT2D eigenvalue weighted by atomic mass is 16.7. The molecule has 0 radical (unpaired) electrons. The number of benzene rings is 1. The SMILES string of the molecule is CC(=O)On1c(-c2ccccc2)nccc1=O. The van der Waals surface area contributed by atoms with Crippen molar-refractivity contribution in [2.24, 2.45) is 0 Å². The van der Waals surface area contributed by atoms with Gasteiger partial charge in [-0.1, -0.05) is 30.3 Å². The van der Waals surface area contributed by atoms with E-state index in [1.807, 2.05) is 18.2 Å². The van der Waals surface area contributed by atoms with Crippen LogP contribution in [-0.2, 0) is 4.79 Å². The Morgan fingerprint density at radius 3 is 2.59 bits per heavy atom. The van der Waals surface area contributed by atoms with Gasteiger partial charge in [-0.25, -0.2) is 9.78 Å². The molecule has 0 amide bonds. The normalized spacial score (nSPS) is 9.94. The third kappa shape index (κ3) is 2.39. The summed E-state index contributed by atoms with van der Waals surface area (Å²) in [5.41, 5.74) is 0.264. The van der Waals surface area contributed by atoms with Gasteiger partial charge in [0.2, 0.25) is 0 Å². The highest BCUT2D eigenvalue weighted by Gasteiger charge is 2.09. The summed E-state index contributed by atoms with van der Waals surface area (Å²) in [5.74, 6) is -0.273. The van der Waals surface area contributed by atoms with Crippen molar-refractivity contribution in [3.8, 4) is 11.4 Å². The number of hydrogen-bond donors (Lipinski definition) is 0. The van der Waals surface area contributed by atoms with Crippen molar-refractivity contribution in [3.63, 3.8) is 0 Å². The maximum atomic E-state index is 11.6. The van der Waals surface area contributed by atoms with Crippen LogP contribution in [0.2, 0.25) is 0 Å². The molecule has 2 aromatic rings. The topological polar surface area (TPSA) is 61.2 Å². The molecule has 0 fully saturated rings. The highest BCUT2D eigenvalue weighted by Crippen LogP contribution is 2.13. The van der Waals surface area contributed by atoms with Crippen LogP contribution in [0.3, 0.4) is 0 Å². The Balaban J connectivity index is 2.58. The Bertz CT molecular complexity index is 590. The summed E-state index contributed by atoms with van der Waals surface area (Å²) in [7, 11) is 0. The fourth-order valence-electron chi connectivity index (χ4n) is 1.39. The van der Waals surface area contributed by atoms with Crippen molar-refractivity contribution in [2.45, 2.75) is 6.92 Å². The van der Waals surface area contributed by atoms with Gasteiger partial charge in [-0.2, -0.15) is 0 Å². The number of rotatable bonds is 2. The van der Waals surface area contributed by atoms with E-state index in [2.05, 4.69) is 4.98 Å². The lowest BCUT2D eigenvalue weighted by molar-refractivity contribution is -0.141. The maximum Gasteiger partial charge on any atom is 0.330 e. The molecule has 2 rings (SSSR count). The Kier molecular flexibility index (Phi) is 3.00. The van der Waals surface area contributed by atoms with Gasteiger partial charge in [0.05, 0.1) is 0 Å². The van der Waals surface area contributed by atoms with Crippen LogP contribution in [0.5, 0.6) is 0 Å². The lowest BCUT2D eigenvalue weighted by atomic mass is 10.2. The molecule has 5 heteroatoms. The van der Waals surface area contributed by atoms with Crippen LogP contribution < -0.4 is 10.4 Å². The zero-order chi connectivity index (χ0) is 12.3. The number of hydrogen-bond acceptors (Lipinski definition) is 4. The van der Waals surface area contributed by atoms with Crippen LogP contribution >= 0.6 is 0 Å². The van der Waals surface area contributed by atoms with Crippen LogP contribution in [0.4, 0.5) is 0 Å². The van der Waals surface area contributed by atoms with E-state index in [1.165, 1.54) is 19.2 Å². The monoisotopic (exact) mass is 230 g/mol. The summed E-state index contributed by atoms with van der Waals surface area (Å²) in [5, 5.41) is 0. The third-order valence-corrected chi connectivity index (χ3v) is 2.06. The summed E-state index contributed by atoms with van der Waals surface area (Å²) in [6.45, 7) is 1.23. The summed E-state index contributed by atoms with van der Waals surface area (Å²) in [6.07, 6.45) is 1.38. The van der Waals surface area contributed by atoms with Crippen molar-refractivity contribution < 1.29 is 9.63 Å². The minimum atomic E-state index is -0.572. The number of aromatic nitrogens is 2. The second-order valence-electron chi connectivity index (χ2n) is 3.35. The Hall–Kier alpha value is -2.43. The standard InChI is InChI=1S/C12H10N2O3/c1-9(15)17-14-11(16)7-8-13-12(14)10-5-3-2-4-6-10/h2-8H,1H3. The molecule has 0 saturated carbocycles. The second-order valence-corrected chi connectivity index (χ2v) is 3.35. The van der Waals surface area contributed by atoms with Crippen molar-refractivity contribution in [2.75, 3.05) is 0 Å². The fraction of sp³-hybridized carbons (Fsp3) is 0.0833. The largest absolute Gasteiger partial charge is 0.332 e. The van der Waals surface area contributed by atoms with Gasteiger partial charge in [-0.15, -0.1) is 4.73 Å². The van der Waals surface area contributed by atoms with Gasteiger partial charge in [-0.05, 0) is 0 Å². The van der Waals surface area contributed by atoms with Crippen LogP contribution in [0, 0.1) is 0 Å². The molecule has 0 unspecified atom stereocenters. The van der Waals surface area contributed by atoms with E-state index >= 15 is 0 Å². The summed E-state index contributed by atoms with van der Waals surface area (Å²) < 4.78 is 0.887. The van der Waals surface area contributed by atoms with Gasteiger partial charge in [-0.3, -0.25) is 4.79 Å². The molecule has 0 bridgehead atoms. The van der Waals surface area contributed by atoms with E-state index in [-0.39, 0.29) is 0 Å². The molecule has 0 spiro atoms. The van der Waals surface area contributed by atoms with Gasteiger partial charge in [0.15, 0.2) is 5.82 Å². The average Bonchev–Trinajstić information content (AvgIpc) is 2.32. The van der Waals surface area contributed by atoms with Crippen LogP contribution in [0.15, 0.2) is 47.4 Å². The molecule has 0 aliphatic rings. The van der Waals surface area contributed by atoms with Gasteiger partial charge in [0.25, 0.3) is 5.56 Å². The molecule has 17 heavy (non-hydrogen) atoms. The first-order chi connectivity index (χ1) is 8.18. The van der Waals surface area contributed by atoms with Gasteiger partial charge >= 0.3 is 5.97 Å². The molecule has 1 aromatic heterocycles. The minimum Gasteiger partial charge on any atom is -0.332 e. The van der Waals surface area contributed by atoms with Crippen LogP contribution in [0.1, 0.15) is 6.92 Å². The maximum absolute atomic E-state index is 11.6.